The molecule has 0 fully saturated rings. The van der Waals surface area contributed by atoms with Gasteiger partial charge in [0.1, 0.15) is 0 Å². The fourth-order valence-corrected chi connectivity index (χ4v) is 0. The fourth-order valence-electron chi connectivity index (χ4n) is 0. The molecule has 11 heavy (non-hydrogen) atoms. The summed E-state index contributed by atoms with van der Waals surface area (Å²) in [6.45, 7) is 0. The topological polar surface area (TPSA) is 139 Å². The van der Waals surface area contributed by atoms with Crippen LogP contribution in [0, 0.1) is 0 Å². The van der Waals surface area contributed by atoms with Crippen LogP contribution in [0.15, 0.2) is 0 Å². The second-order valence-corrected chi connectivity index (χ2v) is 1.69. The van der Waals surface area contributed by atoms with Crippen LogP contribution in [-0.2, 0) is 36.1 Å². The van der Waals surface area contributed by atoms with Crippen molar-refractivity contribution in [3.8, 4) is 0 Å². The van der Waals surface area contributed by atoms with Crippen molar-refractivity contribution in [1.82, 2.24) is 0 Å². The van der Waals surface area contributed by atoms with Crippen LogP contribution in [0.2, 0.25) is 0 Å². The van der Waals surface area contributed by atoms with Crippen molar-refractivity contribution in [2.75, 3.05) is 0 Å². The van der Waals surface area contributed by atoms with Gasteiger partial charge in [-0.05, 0) is 0 Å². The Kier molecular flexibility index (Phi) is 47.2. The van der Waals surface area contributed by atoms with Crippen LogP contribution < -0.4 is 0 Å². The van der Waals surface area contributed by atoms with Crippen LogP contribution in [0.25, 0.3) is 0 Å². The van der Waals surface area contributed by atoms with Gasteiger partial charge in [-0.1, -0.05) is 0 Å². The van der Waals surface area contributed by atoms with Gasteiger partial charge < -0.3 is 5.48 Å². The van der Waals surface area contributed by atoms with Crippen LogP contribution in [0.5, 0.6) is 0 Å². The van der Waals surface area contributed by atoms with E-state index in [0.717, 1.165) is 0 Å². The molecule has 11 heteroatoms. The third-order valence-corrected chi connectivity index (χ3v) is 0. The predicted octanol–water partition coefficient (Wildman–Crippen LogP) is -2.90. The number of hydrogen-bond donors (Lipinski definition) is 2. The Bertz CT molecular complexity index is 159. The summed E-state index contributed by atoms with van der Waals surface area (Å²) in [4.78, 5) is 0. The molecule has 0 saturated heterocycles. The molecule has 0 atom stereocenters. The first-order chi connectivity index (χ1) is 3.41. The van der Waals surface area contributed by atoms with Gasteiger partial charge in [-0.2, -0.15) is 8.42 Å². The van der Waals surface area contributed by atoms with Crippen molar-refractivity contribution in [3.63, 3.8) is 0 Å². The first-order valence-electron chi connectivity index (χ1n) is 1.11. The molecule has 0 aromatic carbocycles. The molecule has 0 aromatic heterocycles. The van der Waals surface area contributed by atoms with Gasteiger partial charge in [-0.3, -0.25) is 9.11 Å². The fraction of sp³-hybridized carbons (Fsp3) is 0. The van der Waals surface area contributed by atoms with E-state index in [2.05, 4.69) is 0 Å². The third kappa shape index (κ3) is 371. The van der Waals surface area contributed by atoms with Crippen molar-refractivity contribution >= 4 is 57.9 Å². The average molecular weight is 345 g/mol. The van der Waals surface area contributed by atoms with E-state index in [4.69, 9.17) is 24.2 Å². The van der Waals surface area contributed by atoms with E-state index in [1.165, 1.54) is 0 Å². The summed E-state index contributed by atoms with van der Waals surface area (Å²) in [7, 11) is -4.67. The molecular formula is H7MgO7SSbTi. The van der Waals surface area contributed by atoms with Gasteiger partial charge in [0, 0.05) is 0 Å². The van der Waals surface area contributed by atoms with Crippen LogP contribution in [0.4, 0.5) is 0 Å². The Morgan fingerprint density at radius 3 is 1.09 bits per heavy atom. The summed E-state index contributed by atoms with van der Waals surface area (Å²) >= 11 is -2.00. The van der Waals surface area contributed by atoms with E-state index < -0.39 is 29.5 Å². The second kappa shape index (κ2) is 17.7. The summed E-state index contributed by atoms with van der Waals surface area (Å²) in [6, 6.07) is 0. The van der Waals surface area contributed by atoms with Crippen molar-refractivity contribution in [3.05, 3.63) is 0 Å². The van der Waals surface area contributed by atoms with E-state index in [1.807, 2.05) is 0 Å². The van der Waals surface area contributed by atoms with Gasteiger partial charge in [-0.15, -0.1) is 0 Å². The maximum atomic E-state index is 8.74. The zero-order valence-electron chi connectivity index (χ0n) is 5.59. The van der Waals surface area contributed by atoms with Crippen LogP contribution in [0.3, 0.4) is 0 Å². The Balaban J connectivity index is -0.0000000183. The summed E-state index contributed by atoms with van der Waals surface area (Å²) < 4.78 is 48.6. The third-order valence-electron chi connectivity index (χ3n) is 0. The second-order valence-electron chi connectivity index (χ2n) is 0.531. The van der Waals surface area contributed by atoms with Gasteiger partial charge in [0.2, 0.25) is 0 Å². The quantitative estimate of drug-likeness (QED) is 0.355. The monoisotopic (exact) mass is 344 g/mol. The van der Waals surface area contributed by atoms with E-state index in [1.54, 1.807) is 0 Å². The SMILES string of the molecule is O=S(=O)(O)O.[MgH+].[OH-].[O]=[Ti]=[O].[SbH3]. The molecular weight excluding hydrogens is 338 g/mol. The zero-order chi connectivity index (χ0) is 7.21. The molecule has 0 bridgehead atoms. The minimum absolute atomic E-state index is 0. The molecule has 0 rings (SSSR count). The normalized spacial score (nSPS) is 6.00. The van der Waals surface area contributed by atoms with E-state index in [9.17, 15) is 0 Å². The van der Waals surface area contributed by atoms with Crippen molar-refractivity contribution < 1.29 is 48.7 Å². The maximum absolute atomic E-state index is 8.74. The summed E-state index contributed by atoms with van der Waals surface area (Å²) in [5, 5.41) is 0. The van der Waals surface area contributed by atoms with E-state index >= 15 is 0 Å². The first-order valence-corrected chi connectivity index (χ1v) is 3.78. The van der Waals surface area contributed by atoms with E-state index in [-0.39, 0.29) is 53.0 Å². The molecule has 0 spiro atoms. The van der Waals surface area contributed by atoms with Gasteiger partial charge in [0.25, 0.3) is 0 Å². The summed E-state index contributed by atoms with van der Waals surface area (Å²) in [5.74, 6) is 0. The standard InChI is InChI=1S/Mg.H2O4S.H2O.2O.Sb.Ti.4H/c;1-5(2,3)4;;;;;;;;;/h;(H2,1,2,3,4);1H2;;;;;;;;/q+1;;;;;;;;;;/p-1. The van der Waals surface area contributed by atoms with Gasteiger partial charge in [-0.25, -0.2) is 0 Å². The van der Waals surface area contributed by atoms with Crippen molar-refractivity contribution in [2.24, 2.45) is 0 Å². The molecule has 0 aliphatic heterocycles. The molecule has 66 valence electrons. The van der Waals surface area contributed by atoms with Gasteiger partial charge >= 0.3 is 83.6 Å². The van der Waals surface area contributed by atoms with E-state index in [0.29, 0.717) is 0 Å². The Morgan fingerprint density at radius 1 is 1.09 bits per heavy atom. The molecule has 7 nitrogen and oxygen atoms in total. The molecule has 0 heterocycles. The van der Waals surface area contributed by atoms with Gasteiger partial charge in [0.15, 0.2) is 0 Å². The molecule has 0 aliphatic rings. The first kappa shape index (κ1) is 29.3. The molecule has 0 unspecified atom stereocenters. The van der Waals surface area contributed by atoms with Crippen LogP contribution in [0.1, 0.15) is 0 Å². The summed E-state index contributed by atoms with van der Waals surface area (Å²) in [5.41, 5.74) is 0. The molecule has 0 saturated carbocycles. The zero-order valence-corrected chi connectivity index (χ0v) is 14.0. The molecule has 3 N–H and O–H groups in total. The molecule has 0 aromatic rings. The van der Waals surface area contributed by atoms with Crippen molar-refractivity contribution in [2.45, 2.75) is 0 Å². The Hall–Kier alpha value is 1.73. The minimum atomic E-state index is -4.67. The number of hydrogen-bond acceptors (Lipinski definition) is 5. The van der Waals surface area contributed by atoms with Crippen LogP contribution in [-0.4, -0.2) is 70.5 Å². The Labute approximate surface area is 105 Å². The Morgan fingerprint density at radius 2 is 1.09 bits per heavy atom. The summed E-state index contributed by atoms with van der Waals surface area (Å²) in [6.07, 6.45) is 0. The molecule has 0 radical (unpaired) electrons. The molecule has 0 amide bonds. The predicted molar refractivity (Wildman–Crippen MR) is 34.6 cm³/mol. The van der Waals surface area contributed by atoms with Crippen molar-refractivity contribution in [1.29, 1.82) is 0 Å². The van der Waals surface area contributed by atoms with Gasteiger partial charge in [0.05, 0.1) is 0 Å². The van der Waals surface area contributed by atoms with Crippen LogP contribution >= 0.6 is 0 Å². The number of rotatable bonds is 0. The average Bonchev–Trinajstić information content (AvgIpc) is 1.27. The molecule has 0 aliphatic carbocycles.